The molecule has 32 heavy (non-hydrogen) atoms. The number of benzene rings is 2. The molecule has 2 aromatic carbocycles. The van der Waals surface area contributed by atoms with E-state index in [-0.39, 0.29) is 12.1 Å². The highest BCUT2D eigenvalue weighted by molar-refractivity contribution is 7.16. The Morgan fingerprint density at radius 2 is 1.69 bits per heavy atom. The smallest absolute Gasteiger partial charge is 0.325 e. The van der Waals surface area contributed by atoms with E-state index in [0.29, 0.717) is 34.4 Å². The van der Waals surface area contributed by atoms with E-state index in [4.69, 9.17) is 23.7 Å². The summed E-state index contributed by atoms with van der Waals surface area (Å²) < 4.78 is 28.8. The molecule has 0 saturated heterocycles. The van der Waals surface area contributed by atoms with Gasteiger partial charge in [0.25, 0.3) is 5.91 Å². The van der Waals surface area contributed by atoms with Gasteiger partial charge in [0, 0.05) is 5.56 Å². The molecule has 0 N–H and O–H groups in total. The Morgan fingerprint density at radius 3 is 2.25 bits per heavy atom. The molecule has 10 heteroatoms. The van der Waals surface area contributed by atoms with Crippen LogP contribution in [0.4, 0.5) is 0 Å². The fourth-order valence-corrected chi connectivity index (χ4v) is 4.15. The molecule has 0 aliphatic carbocycles. The lowest BCUT2D eigenvalue weighted by Gasteiger charge is -2.12. The number of aromatic nitrogens is 1. The first kappa shape index (κ1) is 23.1. The highest BCUT2D eigenvalue weighted by Gasteiger charge is 2.18. The van der Waals surface area contributed by atoms with E-state index in [1.165, 1.54) is 51.9 Å². The predicted octanol–water partition coefficient (Wildman–Crippen LogP) is 3.04. The van der Waals surface area contributed by atoms with Gasteiger partial charge in [-0.3, -0.25) is 9.59 Å². The van der Waals surface area contributed by atoms with Crippen LogP contribution in [-0.4, -0.2) is 51.5 Å². The van der Waals surface area contributed by atoms with Gasteiger partial charge in [0.2, 0.25) is 5.75 Å². The second-order valence-electron chi connectivity index (χ2n) is 6.44. The molecule has 0 fully saturated rings. The number of nitrogens with zero attached hydrogens (tertiary/aromatic N) is 2. The molecular weight excluding hydrogens is 436 g/mol. The van der Waals surface area contributed by atoms with Crippen molar-refractivity contribution in [3.8, 4) is 23.0 Å². The summed E-state index contributed by atoms with van der Waals surface area (Å²) in [5, 5.41) is 0. The Bertz CT molecular complexity index is 1190. The molecule has 0 unspecified atom stereocenters. The number of fused-ring (bicyclic) bond motifs is 1. The minimum absolute atomic E-state index is 0.0914. The normalized spacial score (nSPS) is 11.3. The van der Waals surface area contributed by atoms with Crippen LogP contribution in [0.25, 0.3) is 10.2 Å². The second kappa shape index (κ2) is 10.2. The summed E-state index contributed by atoms with van der Waals surface area (Å²) in [6, 6.07) is 8.52. The lowest BCUT2D eigenvalue weighted by molar-refractivity contribution is -0.141. The minimum atomic E-state index is -0.528. The number of thiazole rings is 1. The molecule has 1 aromatic heterocycles. The summed E-state index contributed by atoms with van der Waals surface area (Å²) in [5.74, 6) is 0.752. The Labute approximate surface area is 188 Å². The zero-order chi connectivity index (χ0) is 23.3. The molecule has 1 heterocycles. The Hall–Kier alpha value is -3.53. The zero-order valence-electron chi connectivity index (χ0n) is 18.5. The second-order valence-corrected chi connectivity index (χ2v) is 7.45. The number of esters is 1. The van der Waals surface area contributed by atoms with Gasteiger partial charge in [0.15, 0.2) is 16.3 Å². The van der Waals surface area contributed by atoms with E-state index in [9.17, 15) is 9.59 Å². The summed E-state index contributed by atoms with van der Waals surface area (Å²) in [4.78, 5) is 29.7. The third-order valence-corrected chi connectivity index (χ3v) is 5.63. The van der Waals surface area contributed by atoms with Crippen LogP contribution in [0, 0.1) is 0 Å². The quantitative estimate of drug-likeness (QED) is 0.477. The summed E-state index contributed by atoms with van der Waals surface area (Å²) in [5.41, 5.74) is 0.983. The molecule has 1 amide bonds. The van der Waals surface area contributed by atoms with E-state index < -0.39 is 11.9 Å². The first-order valence-electron chi connectivity index (χ1n) is 9.67. The summed E-state index contributed by atoms with van der Waals surface area (Å²) in [6.07, 6.45) is 0. The number of amides is 1. The van der Waals surface area contributed by atoms with Crippen LogP contribution in [0.5, 0.6) is 23.0 Å². The van der Waals surface area contributed by atoms with Crippen LogP contribution in [-0.2, 0) is 16.1 Å². The average molecular weight is 461 g/mol. The van der Waals surface area contributed by atoms with Gasteiger partial charge in [0.1, 0.15) is 12.3 Å². The molecule has 3 aromatic rings. The monoisotopic (exact) mass is 460 g/mol. The number of carbonyl (C=O) groups is 2. The summed E-state index contributed by atoms with van der Waals surface area (Å²) in [7, 11) is 5.72. The van der Waals surface area contributed by atoms with Crippen LogP contribution >= 0.6 is 11.3 Å². The third kappa shape index (κ3) is 4.70. The Morgan fingerprint density at radius 1 is 1.00 bits per heavy atom. The average Bonchev–Trinajstić information content (AvgIpc) is 3.13. The molecule has 0 atom stereocenters. The van der Waals surface area contributed by atoms with E-state index in [2.05, 4.69) is 4.99 Å². The van der Waals surface area contributed by atoms with Crippen molar-refractivity contribution >= 4 is 33.4 Å². The highest BCUT2D eigenvalue weighted by Crippen LogP contribution is 2.38. The number of carbonyl (C=O) groups excluding carboxylic acids is 2. The maximum Gasteiger partial charge on any atom is 0.325 e. The molecule has 0 saturated carbocycles. The van der Waals surface area contributed by atoms with Gasteiger partial charge < -0.3 is 28.3 Å². The Balaban J connectivity index is 2.14. The topological polar surface area (TPSA) is 97.6 Å². The first-order valence-corrected chi connectivity index (χ1v) is 10.5. The van der Waals surface area contributed by atoms with Crippen molar-refractivity contribution in [3.05, 3.63) is 40.7 Å². The first-order chi connectivity index (χ1) is 15.4. The van der Waals surface area contributed by atoms with Crippen molar-refractivity contribution in [1.29, 1.82) is 0 Å². The van der Waals surface area contributed by atoms with Crippen LogP contribution in [0.3, 0.4) is 0 Å². The van der Waals surface area contributed by atoms with E-state index >= 15 is 0 Å². The molecule has 0 aliphatic heterocycles. The van der Waals surface area contributed by atoms with Crippen molar-refractivity contribution in [2.24, 2.45) is 4.99 Å². The molecule has 0 spiro atoms. The van der Waals surface area contributed by atoms with Crippen LogP contribution in [0.2, 0.25) is 0 Å². The van der Waals surface area contributed by atoms with Gasteiger partial charge in [0.05, 0.1) is 45.3 Å². The molecule has 0 radical (unpaired) electrons. The molecule has 9 nitrogen and oxygen atoms in total. The predicted molar refractivity (Wildman–Crippen MR) is 119 cm³/mol. The number of methoxy groups -OCH3 is 4. The van der Waals surface area contributed by atoms with Gasteiger partial charge in [-0.15, -0.1) is 0 Å². The molecule has 0 bridgehead atoms. The number of hydrogen-bond donors (Lipinski definition) is 0. The summed E-state index contributed by atoms with van der Waals surface area (Å²) in [6.45, 7) is 2.33. The summed E-state index contributed by atoms with van der Waals surface area (Å²) >= 11 is 1.27. The maximum atomic E-state index is 13.0. The van der Waals surface area contributed by atoms with Gasteiger partial charge in [-0.1, -0.05) is 11.3 Å². The van der Waals surface area contributed by atoms with Gasteiger partial charge in [-0.05, 0) is 37.3 Å². The SMILES string of the molecule is CCOc1ccc2c(c1)sc(=NC(=O)c1cc(OC)c(OC)c(OC)c1)n2CC(=O)OC. The fourth-order valence-electron chi connectivity index (χ4n) is 3.10. The molecule has 3 rings (SSSR count). The number of rotatable bonds is 8. The van der Waals surface area contributed by atoms with Crippen molar-refractivity contribution in [3.63, 3.8) is 0 Å². The van der Waals surface area contributed by atoms with Crippen molar-refractivity contribution in [1.82, 2.24) is 4.57 Å². The van der Waals surface area contributed by atoms with Gasteiger partial charge >= 0.3 is 5.97 Å². The maximum absolute atomic E-state index is 13.0. The van der Waals surface area contributed by atoms with Crippen LogP contribution < -0.4 is 23.7 Å². The highest BCUT2D eigenvalue weighted by atomic mass is 32.1. The molecule has 170 valence electrons. The van der Waals surface area contributed by atoms with Gasteiger partial charge in [-0.25, -0.2) is 0 Å². The lowest BCUT2D eigenvalue weighted by atomic mass is 10.1. The van der Waals surface area contributed by atoms with E-state index in [1.54, 1.807) is 10.6 Å². The van der Waals surface area contributed by atoms with Gasteiger partial charge in [-0.2, -0.15) is 4.99 Å². The number of hydrogen-bond acceptors (Lipinski definition) is 8. The lowest BCUT2D eigenvalue weighted by Crippen LogP contribution is -2.22. The zero-order valence-corrected chi connectivity index (χ0v) is 19.3. The van der Waals surface area contributed by atoms with Crippen molar-refractivity contribution in [2.75, 3.05) is 35.0 Å². The van der Waals surface area contributed by atoms with E-state index in [1.807, 2.05) is 19.1 Å². The van der Waals surface area contributed by atoms with Crippen molar-refractivity contribution in [2.45, 2.75) is 13.5 Å². The third-order valence-electron chi connectivity index (χ3n) is 4.59. The minimum Gasteiger partial charge on any atom is -0.494 e. The molecular formula is C22H24N2O7S. The van der Waals surface area contributed by atoms with Crippen LogP contribution in [0.15, 0.2) is 35.3 Å². The number of ether oxygens (including phenoxy) is 5. The standard InChI is InChI=1S/C22H24N2O7S/c1-6-31-14-7-8-15-18(11-14)32-22(24(15)12-19(25)29-4)23-21(26)13-9-16(27-2)20(30-5)17(10-13)28-3/h7-11H,6,12H2,1-5H3. The molecule has 0 aliphatic rings. The van der Waals surface area contributed by atoms with Crippen LogP contribution in [0.1, 0.15) is 17.3 Å². The van der Waals surface area contributed by atoms with E-state index in [0.717, 1.165) is 10.2 Å². The Kier molecular flexibility index (Phi) is 7.37. The van der Waals surface area contributed by atoms with Crippen molar-refractivity contribution < 1.29 is 33.3 Å². The fraction of sp³-hybridized carbons (Fsp3) is 0.318. The largest absolute Gasteiger partial charge is 0.494 e.